The Morgan fingerprint density at radius 1 is 1.80 bits per heavy atom. The number of aliphatic hydroxyl groups is 1. The van der Waals surface area contributed by atoms with Crippen LogP contribution in [0.2, 0.25) is 0 Å². The van der Waals surface area contributed by atoms with Gasteiger partial charge in [0.2, 0.25) is 0 Å². The zero-order valence-corrected chi connectivity index (χ0v) is 5.74. The van der Waals surface area contributed by atoms with Gasteiger partial charge < -0.3 is 9.67 Å². The van der Waals surface area contributed by atoms with Gasteiger partial charge in [-0.3, -0.25) is 4.79 Å². The smallest absolute Gasteiger partial charge is 0.161 e. The average Bonchev–Trinajstić information content (AvgIpc) is 2.34. The number of rotatable bonds is 2. The molecule has 0 aliphatic carbocycles. The number of carbonyl (C=O) groups is 1. The highest BCUT2D eigenvalue weighted by molar-refractivity contribution is 5.93. The van der Waals surface area contributed by atoms with Crippen LogP contribution in [0.1, 0.15) is 17.3 Å². The van der Waals surface area contributed by atoms with E-state index in [0.29, 0.717) is 5.56 Å². The highest BCUT2D eigenvalue weighted by atomic mass is 16.3. The molecular weight excluding hydrogens is 130 g/mol. The standard InChI is InChI=1S/C7H9NO2/c1-6(10)7-2-3-8(4-7)5-9/h2-4,9H,5H2,1H3. The maximum Gasteiger partial charge on any atom is 0.161 e. The molecule has 1 aromatic heterocycles. The zero-order chi connectivity index (χ0) is 7.56. The number of hydrogen-bond acceptors (Lipinski definition) is 2. The van der Waals surface area contributed by atoms with Crippen molar-refractivity contribution in [3.63, 3.8) is 0 Å². The Labute approximate surface area is 58.9 Å². The monoisotopic (exact) mass is 139 g/mol. The van der Waals surface area contributed by atoms with Crippen LogP contribution in [0.3, 0.4) is 0 Å². The molecule has 0 unspecified atom stereocenters. The minimum Gasteiger partial charge on any atom is -0.376 e. The van der Waals surface area contributed by atoms with Gasteiger partial charge in [0.15, 0.2) is 5.78 Å². The highest BCUT2D eigenvalue weighted by Crippen LogP contribution is 2.00. The van der Waals surface area contributed by atoms with Crippen LogP contribution < -0.4 is 0 Å². The van der Waals surface area contributed by atoms with Gasteiger partial charge in [-0.05, 0) is 13.0 Å². The third kappa shape index (κ3) is 1.25. The van der Waals surface area contributed by atoms with E-state index in [1.54, 1.807) is 18.5 Å². The Morgan fingerprint density at radius 2 is 2.50 bits per heavy atom. The van der Waals surface area contributed by atoms with E-state index in [2.05, 4.69) is 0 Å². The summed E-state index contributed by atoms with van der Waals surface area (Å²) in [6.45, 7) is 1.42. The van der Waals surface area contributed by atoms with Gasteiger partial charge in [0.1, 0.15) is 6.73 Å². The second-order valence-corrected chi connectivity index (χ2v) is 2.11. The molecule has 0 spiro atoms. The number of aromatic nitrogens is 1. The van der Waals surface area contributed by atoms with E-state index in [1.165, 1.54) is 11.5 Å². The van der Waals surface area contributed by atoms with Crippen molar-refractivity contribution in [2.75, 3.05) is 0 Å². The molecule has 0 saturated carbocycles. The summed E-state index contributed by atoms with van der Waals surface area (Å²) in [6, 6.07) is 1.68. The van der Waals surface area contributed by atoms with E-state index in [0.717, 1.165) is 0 Å². The number of hydrogen-bond donors (Lipinski definition) is 1. The summed E-state index contributed by atoms with van der Waals surface area (Å²) in [5.41, 5.74) is 0.633. The molecule has 0 amide bonds. The first kappa shape index (κ1) is 7.02. The minimum atomic E-state index is -0.0761. The number of Topliss-reactive ketones (excluding diaryl/α,β-unsaturated/α-hetero) is 1. The molecular formula is C7H9NO2. The maximum atomic E-state index is 10.7. The summed E-state index contributed by atoms with van der Waals surface area (Å²) < 4.78 is 1.54. The summed E-state index contributed by atoms with van der Waals surface area (Å²) in [4.78, 5) is 10.7. The van der Waals surface area contributed by atoms with Gasteiger partial charge in [-0.25, -0.2) is 0 Å². The topological polar surface area (TPSA) is 42.2 Å². The van der Waals surface area contributed by atoms with Gasteiger partial charge in [-0.15, -0.1) is 0 Å². The molecule has 54 valence electrons. The normalized spacial score (nSPS) is 9.80. The number of ketones is 1. The quantitative estimate of drug-likeness (QED) is 0.611. The molecule has 0 aliphatic heterocycles. The average molecular weight is 139 g/mol. The summed E-state index contributed by atoms with van der Waals surface area (Å²) in [7, 11) is 0. The van der Waals surface area contributed by atoms with Crippen LogP contribution in [0.4, 0.5) is 0 Å². The fourth-order valence-electron chi connectivity index (χ4n) is 0.737. The van der Waals surface area contributed by atoms with Crippen molar-refractivity contribution in [2.45, 2.75) is 13.7 Å². The van der Waals surface area contributed by atoms with Crippen LogP contribution in [-0.2, 0) is 6.73 Å². The van der Waals surface area contributed by atoms with Crippen molar-refractivity contribution < 1.29 is 9.90 Å². The van der Waals surface area contributed by atoms with E-state index in [-0.39, 0.29) is 12.5 Å². The summed E-state index contributed by atoms with van der Waals surface area (Å²) in [6.07, 6.45) is 3.28. The third-order valence-electron chi connectivity index (χ3n) is 1.32. The maximum absolute atomic E-state index is 10.7. The summed E-state index contributed by atoms with van der Waals surface area (Å²) in [5, 5.41) is 8.58. The largest absolute Gasteiger partial charge is 0.376 e. The molecule has 3 nitrogen and oxygen atoms in total. The van der Waals surface area contributed by atoms with Crippen molar-refractivity contribution in [1.82, 2.24) is 4.57 Å². The lowest BCUT2D eigenvalue weighted by Gasteiger charge is -1.91. The van der Waals surface area contributed by atoms with Crippen molar-refractivity contribution in [3.8, 4) is 0 Å². The molecule has 0 radical (unpaired) electrons. The molecule has 0 atom stereocenters. The number of aliphatic hydroxyl groups excluding tert-OH is 1. The second-order valence-electron chi connectivity index (χ2n) is 2.11. The van der Waals surface area contributed by atoms with Crippen LogP contribution in [0, 0.1) is 0 Å². The molecule has 0 fully saturated rings. The van der Waals surface area contributed by atoms with Crippen LogP contribution in [0.25, 0.3) is 0 Å². The van der Waals surface area contributed by atoms with Crippen LogP contribution in [0.15, 0.2) is 18.5 Å². The number of nitrogens with zero attached hydrogens (tertiary/aromatic N) is 1. The minimum absolute atomic E-state index is 0.0206. The summed E-state index contributed by atoms with van der Waals surface area (Å²) >= 11 is 0. The van der Waals surface area contributed by atoms with Gasteiger partial charge >= 0.3 is 0 Å². The molecule has 1 aromatic rings. The lowest BCUT2D eigenvalue weighted by atomic mass is 10.2. The molecule has 10 heavy (non-hydrogen) atoms. The first-order chi connectivity index (χ1) is 4.74. The lowest BCUT2D eigenvalue weighted by Crippen LogP contribution is -1.92. The fraction of sp³-hybridized carbons (Fsp3) is 0.286. The van der Waals surface area contributed by atoms with Gasteiger partial charge in [-0.1, -0.05) is 0 Å². The van der Waals surface area contributed by atoms with Crippen molar-refractivity contribution >= 4 is 5.78 Å². The molecule has 1 N–H and O–H groups in total. The molecule has 0 saturated heterocycles. The van der Waals surface area contributed by atoms with Crippen LogP contribution in [-0.4, -0.2) is 15.5 Å². The van der Waals surface area contributed by atoms with E-state index in [1.807, 2.05) is 0 Å². The number of carbonyl (C=O) groups excluding carboxylic acids is 1. The molecule has 0 aliphatic rings. The molecule has 0 bridgehead atoms. The lowest BCUT2D eigenvalue weighted by molar-refractivity contribution is 0.101. The Morgan fingerprint density at radius 3 is 2.80 bits per heavy atom. The molecule has 0 aromatic carbocycles. The Hall–Kier alpha value is -1.09. The van der Waals surface area contributed by atoms with Crippen LogP contribution >= 0.6 is 0 Å². The van der Waals surface area contributed by atoms with Crippen LogP contribution in [0.5, 0.6) is 0 Å². The van der Waals surface area contributed by atoms with Crippen molar-refractivity contribution in [3.05, 3.63) is 24.0 Å². The molecule has 1 rings (SSSR count). The first-order valence-electron chi connectivity index (χ1n) is 3.01. The van der Waals surface area contributed by atoms with Gasteiger partial charge in [0.05, 0.1) is 0 Å². The highest BCUT2D eigenvalue weighted by Gasteiger charge is 1.98. The molecule has 3 heteroatoms. The van der Waals surface area contributed by atoms with E-state index in [9.17, 15) is 4.79 Å². The van der Waals surface area contributed by atoms with E-state index in [4.69, 9.17) is 5.11 Å². The van der Waals surface area contributed by atoms with E-state index < -0.39 is 0 Å². The SMILES string of the molecule is CC(=O)c1ccn(CO)c1. The predicted molar refractivity (Wildman–Crippen MR) is 36.7 cm³/mol. The molecule has 1 heterocycles. The van der Waals surface area contributed by atoms with Gasteiger partial charge in [-0.2, -0.15) is 0 Å². The second kappa shape index (κ2) is 2.66. The Balaban J connectivity index is 2.88. The van der Waals surface area contributed by atoms with Crippen molar-refractivity contribution in [2.24, 2.45) is 0 Å². The fourth-order valence-corrected chi connectivity index (χ4v) is 0.737. The van der Waals surface area contributed by atoms with E-state index >= 15 is 0 Å². The van der Waals surface area contributed by atoms with Crippen molar-refractivity contribution in [1.29, 1.82) is 0 Å². The Kier molecular flexibility index (Phi) is 1.87. The Bertz CT molecular complexity index is 240. The van der Waals surface area contributed by atoms with Gasteiger partial charge in [0, 0.05) is 18.0 Å². The third-order valence-corrected chi connectivity index (χ3v) is 1.32. The zero-order valence-electron chi connectivity index (χ0n) is 5.74. The predicted octanol–water partition coefficient (Wildman–Crippen LogP) is 0.641. The first-order valence-corrected chi connectivity index (χ1v) is 3.01. The van der Waals surface area contributed by atoms with Gasteiger partial charge in [0.25, 0.3) is 0 Å². The summed E-state index contributed by atoms with van der Waals surface area (Å²) in [5.74, 6) is 0.0206.